The first-order chi connectivity index (χ1) is 9.04. The van der Waals surface area contributed by atoms with E-state index < -0.39 is 10.1 Å². The molecule has 0 spiro atoms. The van der Waals surface area contributed by atoms with Gasteiger partial charge in [-0.2, -0.15) is 8.42 Å². The summed E-state index contributed by atoms with van der Waals surface area (Å²) >= 11 is 1.52. The molecule has 110 valence electrons. The quantitative estimate of drug-likeness (QED) is 0.379. The molecule has 1 N–H and O–H groups in total. The van der Waals surface area contributed by atoms with Gasteiger partial charge in [0.15, 0.2) is 17.6 Å². The van der Waals surface area contributed by atoms with Gasteiger partial charge >= 0.3 is 29.6 Å². The summed E-state index contributed by atoms with van der Waals surface area (Å²) in [5.74, 6) is 1.29. The second-order valence-corrected chi connectivity index (χ2v) is 6.53. The van der Waals surface area contributed by atoms with E-state index in [1.807, 2.05) is 10.8 Å². The van der Waals surface area contributed by atoms with Crippen LogP contribution >= 0.6 is 11.3 Å². The van der Waals surface area contributed by atoms with E-state index in [2.05, 4.69) is 0 Å². The third kappa shape index (κ3) is 6.30. The van der Waals surface area contributed by atoms with Crippen LogP contribution < -0.4 is 39.0 Å². The van der Waals surface area contributed by atoms with E-state index in [0.29, 0.717) is 32.7 Å². The van der Waals surface area contributed by atoms with Crippen molar-refractivity contribution in [2.24, 2.45) is 0 Å². The van der Waals surface area contributed by atoms with Gasteiger partial charge in [0.2, 0.25) is 0 Å². The van der Waals surface area contributed by atoms with Crippen LogP contribution in [0.2, 0.25) is 0 Å². The maximum absolute atomic E-state index is 10.5. The molecule has 1 aromatic heterocycles. The molecular formula is C11H17NaO6S2. The van der Waals surface area contributed by atoms with Crippen LogP contribution in [0.5, 0.6) is 11.5 Å². The monoisotopic (exact) mass is 332 g/mol. The minimum Gasteiger partial charge on any atom is -1.00 e. The van der Waals surface area contributed by atoms with Crippen LogP contribution in [-0.4, -0.2) is 44.6 Å². The van der Waals surface area contributed by atoms with Gasteiger partial charge < -0.3 is 15.6 Å². The summed E-state index contributed by atoms with van der Waals surface area (Å²) in [6, 6.07) is 0. The summed E-state index contributed by atoms with van der Waals surface area (Å²) in [5.41, 5.74) is 0. The van der Waals surface area contributed by atoms with Gasteiger partial charge in [0.25, 0.3) is 10.1 Å². The third-order valence-electron chi connectivity index (χ3n) is 2.56. The zero-order valence-electron chi connectivity index (χ0n) is 12.3. The maximum Gasteiger partial charge on any atom is 1.00 e. The summed E-state index contributed by atoms with van der Waals surface area (Å²) in [7, 11) is -3.86. The van der Waals surface area contributed by atoms with Crippen molar-refractivity contribution >= 4 is 21.5 Å². The number of rotatable bonds is 7. The average Bonchev–Trinajstić information content (AvgIpc) is 2.79. The van der Waals surface area contributed by atoms with E-state index in [1.165, 1.54) is 11.3 Å². The second kappa shape index (κ2) is 8.57. The summed E-state index contributed by atoms with van der Waals surface area (Å²) in [5, 5.41) is 3.77. The van der Waals surface area contributed by atoms with Crippen molar-refractivity contribution in [3.8, 4) is 11.5 Å². The standard InChI is InChI=1S/C11H16O6S2.Na.H/c12-19(13,14)4-2-1-3-15-5-9-6-16-10-7-18-8-11(10)17-9;;/h7-9H,1-6H2,(H,12,13,14);;/q;+1;-1. The zero-order chi connectivity index (χ0) is 13.7. The van der Waals surface area contributed by atoms with Crippen molar-refractivity contribution in [3.63, 3.8) is 0 Å². The molecule has 1 aromatic rings. The van der Waals surface area contributed by atoms with Crippen LogP contribution in [0.15, 0.2) is 10.8 Å². The number of unbranched alkanes of at least 4 members (excludes halogenated alkanes) is 1. The molecule has 20 heavy (non-hydrogen) atoms. The molecule has 0 aromatic carbocycles. The Balaban J connectivity index is 0.00000200. The van der Waals surface area contributed by atoms with Gasteiger partial charge in [-0.3, -0.25) is 4.55 Å². The Hall–Kier alpha value is 0.170. The molecule has 0 saturated heterocycles. The van der Waals surface area contributed by atoms with E-state index in [4.69, 9.17) is 18.8 Å². The van der Waals surface area contributed by atoms with Gasteiger partial charge in [-0.1, -0.05) is 0 Å². The fourth-order valence-electron chi connectivity index (χ4n) is 1.65. The average molecular weight is 332 g/mol. The topological polar surface area (TPSA) is 82.1 Å². The van der Waals surface area contributed by atoms with Crippen LogP contribution in [0.4, 0.5) is 0 Å². The molecule has 0 bridgehead atoms. The SMILES string of the molecule is O=S(=O)(O)CCCCOCC1COc2cscc2O1.[H-].[Na+]. The van der Waals surface area contributed by atoms with Crippen molar-refractivity contribution in [2.45, 2.75) is 18.9 Å². The molecular weight excluding hydrogens is 315 g/mol. The Kier molecular flexibility index (Phi) is 7.81. The number of hydrogen-bond acceptors (Lipinski definition) is 6. The molecule has 9 heteroatoms. The minimum atomic E-state index is -3.86. The van der Waals surface area contributed by atoms with Gasteiger partial charge in [-0.15, -0.1) is 11.3 Å². The molecule has 0 radical (unpaired) electrons. The molecule has 0 saturated carbocycles. The van der Waals surface area contributed by atoms with E-state index in [-0.39, 0.29) is 42.8 Å². The molecule has 1 aliphatic rings. The van der Waals surface area contributed by atoms with Crippen LogP contribution in [0.1, 0.15) is 14.3 Å². The molecule has 2 rings (SSSR count). The van der Waals surface area contributed by atoms with E-state index in [1.54, 1.807) is 0 Å². The predicted molar refractivity (Wildman–Crippen MR) is 71.8 cm³/mol. The fraction of sp³-hybridized carbons (Fsp3) is 0.636. The number of fused-ring (bicyclic) bond motifs is 1. The Labute approximate surface area is 145 Å². The summed E-state index contributed by atoms with van der Waals surface area (Å²) in [6.45, 7) is 1.29. The first kappa shape index (κ1) is 18.2. The summed E-state index contributed by atoms with van der Waals surface area (Å²) in [4.78, 5) is 0. The normalized spacial score (nSPS) is 17.6. The number of ether oxygens (including phenoxy) is 3. The number of thiophene rings is 1. The molecule has 2 heterocycles. The molecule has 1 unspecified atom stereocenters. The van der Waals surface area contributed by atoms with Gasteiger partial charge in [0, 0.05) is 17.4 Å². The predicted octanol–water partition coefficient (Wildman–Crippen LogP) is -1.31. The van der Waals surface area contributed by atoms with E-state index in [9.17, 15) is 8.42 Å². The molecule has 1 atom stereocenters. The zero-order valence-corrected chi connectivity index (χ0v) is 14.9. The van der Waals surface area contributed by atoms with Gasteiger partial charge in [-0.05, 0) is 12.8 Å². The van der Waals surface area contributed by atoms with E-state index >= 15 is 0 Å². The van der Waals surface area contributed by atoms with Crippen molar-refractivity contribution < 1.29 is 58.2 Å². The Morgan fingerprint density at radius 3 is 2.90 bits per heavy atom. The Morgan fingerprint density at radius 2 is 2.15 bits per heavy atom. The van der Waals surface area contributed by atoms with Crippen molar-refractivity contribution in [1.82, 2.24) is 0 Å². The summed E-state index contributed by atoms with van der Waals surface area (Å²) < 4.78 is 46.1. The minimum absolute atomic E-state index is 0. The molecule has 0 amide bonds. The first-order valence-electron chi connectivity index (χ1n) is 5.93. The molecule has 0 fully saturated rings. The molecule has 6 nitrogen and oxygen atoms in total. The molecule has 1 aliphatic heterocycles. The fourth-order valence-corrected chi connectivity index (χ4v) is 2.89. The second-order valence-electron chi connectivity index (χ2n) is 4.22. The molecule has 0 aliphatic carbocycles. The van der Waals surface area contributed by atoms with Gasteiger partial charge in [-0.25, -0.2) is 0 Å². The van der Waals surface area contributed by atoms with Gasteiger partial charge in [0.1, 0.15) is 6.61 Å². The smallest absolute Gasteiger partial charge is 1.00 e. The maximum atomic E-state index is 10.5. The van der Waals surface area contributed by atoms with Crippen molar-refractivity contribution in [2.75, 3.05) is 25.6 Å². The summed E-state index contributed by atoms with van der Waals surface area (Å²) in [6.07, 6.45) is 0.829. The van der Waals surface area contributed by atoms with Crippen molar-refractivity contribution in [1.29, 1.82) is 0 Å². The Bertz CT molecular complexity index is 507. The third-order valence-corrected chi connectivity index (χ3v) is 4.06. The van der Waals surface area contributed by atoms with Gasteiger partial charge in [0.05, 0.1) is 12.4 Å². The first-order valence-corrected chi connectivity index (χ1v) is 8.48. The van der Waals surface area contributed by atoms with E-state index in [0.717, 1.165) is 11.5 Å². The van der Waals surface area contributed by atoms with Crippen molar-refractivity contribution in [3.05, 3.63) is 10.8 Å². The van der Waals surface area contributed by atoms with Crippen LogP contribution in [-0.2, 0) is 14.9 Å². The largest absolute Gasteiger partial charge is 1.00 e. The van der Waals surface area contributed by atoms with Crippen LogP contribution in [0, 0.1) is 0 Å². The Morgan fingerprint density at radius 1 is 1.40 bits per heavy atom. The van der Waals surface area contributed by atoms with Crippen LogP contribution in [0.25, 0.3) is 0 Å². The van der Waals surface area contributed by atoms with Crippen LogP contribution in [0.3, 0.4) is 0 Å². The number of hydrogen-bond donors (Lipinski definition) is 1.